The van der Waals surface area contributed by atoms with E-state index in [1.807, 2.05) is 0 Å². The van der Waals surface area contributed by atoms with Crippen molar-refractivity contribution in [2.24, 2.45) is 0 Å². The van der Waals surface area contributed by atoms with Crippen molar-refractivity contribution in [1.29, 1.82) is 0 Å². The van der Waals surface area contributed by atoms with Gasteiger partial charge in [0, 0.05) is 21.8 Å². The number of alkyl halides is 1. The number of carbonyl (C=O) groups excluding carboxylic acids is 2. The Morgan fingerprint density at radius 3 is 2.65 bits per heavy atom. The Kier molecular flexibility index (Phi) is 5.85. The summed E-state index contributed by atoms with van der Waals surface area (Å²) in [6.07, 6.45) is 0.342. The molecule has 0 aliphatic heterocycles. The van der Waals surface area contributed by atoms with E-state index in [1.165, 1.54) is 0 Å². The van der Waals surface area contributed by atoms with Crippen molar-refractivity contribution in [2.75, 3.05) is 11.9 Å². The highest BCUT2D eigenvalue weighted by molar-refractivity contribution is 9.10. The molecule has 0 saturated heterocycles. The van der Waals surface area contributed by atoms with Gasteiger partial charge >= 0.3 is 5.97 Å². The van der Waals surface area contributed by atoms with Crippen LogP contribution in [0.15, 0.2) is 22.7 Å². The van der Waals surface area contributed by atoms with Gasteiger partial charge in [-0.2, -0.15) is 0 Å². The minimum Gasteiger partial charge on any atom is -0.462 e. The van der Waals surface area contributed by atoms with Crippen molar-refractivity contribution >= 4 is 43.6 Å². The molecule has 92 valence electrons. The molecule has 5 heteroatoms. The molecule has 0 heterocycles. The molecule has 0 bridgehead atoms. The van der Waals surface area contributed by atoms with E-state index in [2.05, 4.69) is 31.9 Å². The van der Waals surface area contributed by atoms with Crippen molar-refractivity contribution in [2.45, 2.75) is 13.3 Å². The Labute approximate surface area is 117 Å². The fourth-order valence-electron chi connectivity index (χ4n) is 1.40. The summed E-state index contributed by atoms with van der Waals surface area (Å²) in [6, 6.07) is 5.05. The van der Waals surface area contributed by atoms with Gasteiger partial charge in [-0.1, -0.05) is 37.9 Å². The summed E-state index contributed by atoms with van der Waals surface area (Å²) in [6.45, 7) is 2.02. The van der Waals surface area contributed by atoms with E-state index in [9.17, 15) is 9.59 Å². The number of ether oxygens (including phenoxy) is 1. The fraction of sp³-hybridized carbons (Fsp3) is 0.333. The standard InChI is InChI=1S/C12H12Br2O3/c1-2-17-12(16)8-4-3-5-9(14)11(8)10(15)6-7-13/h3-5H,2,6-7H2,1H3. The molecule has 0 N–H and O–H groups in total. The average Bonchev–Trinajstić information content (AvgIpc) is 2.29. The molecule has 0 atom stereocenters. The van der Waals surface area contributed by atoms with Crippen molar-refractivity contribution in [3.05, 3.63) is 33.8 Å². The van der Waals surface area contributed by atoms with Crippen LogP contribution in [0.2, 0.25) is 0 Å². The number of benzene rings is 1. The van der Waals surface area contributed by atoms with Gasteiger partial charge in [0.15, 0.2) is 5.78 Å². The molecule has 1 aromatic rings. The van der Waals surface area contributed by atoms with Gasteiger partial charge in [-0.3, -0.25) is 4.79 Å². The third-order valence-electron chi connectivity index (χ3n) is 2.11. The number of rotatable bonds is 5. The van der Waals surface area contributed by atoms with Gasteiger partial charge in [0.2, 0.25) is 0 Å². The van der Waals surface area contributed by atoms with E-state index in [0.717, 1.165) is 0 Å². The second-order valence-electron chi connectivity index (χ2n) is 3.25. The minimum absolute atomic E-state index is 0.0857. The molecular formula is C12H12Br2O3. The van der Waals surface area contributed by atoms with E-state index in [-0.39, 0.29) is 12.4 Å². The van der Waals surface area contributed by atoms with Crippen molar-refractivity contribution in [3.63, 3.8) is 0 Å². The first-order valence-corrected chi connectivity index (χ1v) is 7.08. The van der Waals surface area contributed by atoms with Crippen LogP contribution in [0.4, 0.5) is 0 Å². The molecule has 1 aromatic carbocycles. The van der Waals surface area contributed by atoms with Gasteiger partial charge in [0.05, 0.1) is 12.2 Å². The number of Topliss-reactive ketones (excluding diaryl/α,β-unsaturated/α-hetero) is 1. The first-order chi connectivity index (χ1) is 8.11. The van der Waals surface area contributed by atoms with E-state index in [1.54, 1.807) is 25.1 Å². The summed E-state index contributed by atoms with van der Waals surface area (Å²) in [5, 5.41) is 0.565. The van der Waals surface area contributed by atoms with Gasteiger partial charge in [-0.05, 0) is 19.1 Å². The van der Waals surface area contributed by atoms with E-state index < -0.39 is 5.97 Å². The molecule has 17 heavy (non-hydrogen) atoms. The quantitative estimate of drug-likeness (QED) is 0.456. The van der Waals surface area contributed by atoms with E-state index in [0.29, 0.717) is 27.4 Å². The Balaban J connectivity index is 3.17. The molecule has 0 spiro atoms. The van der Waals surface area contributed by atoms with Crippen LogP contribution in [0.5, 0.6) is 0 Å². The molecule has 0 amide bonds. The van der Waals surface area contributed by atoms with Crippen LogP contribution in [0.3, 0.4) is 0 Å². The van der Waals surface area contributed by atoms with Crippen LogP contribution in [0.1, 0.15) is 34.1 Å². The Morgan fingerprint density at radius 1 is 1.35 bits per heavy atom. The van der Waals surface area contributed by atoms with Gasteiger partial charge in [-0.15, -0.1) is 0 Å². The number of halogens is 2. The maximum absolute atomic E-state index is 11.9. The van der Waals surface area contributed by atoms with Crippen LogP contribution in [-0.4, -0.2) is 23.7 Å². The van der Waals surface area contributed by atoms with Crippen molar-refractivity contribution < 1.29 is 14.3 Å². The summed E-state index contributed by atoms with van der Waals surface area (Å²) in [5.41, 5.74) is 0.706. The third-order valence-corrected chi connectivity index (χ3v) is 3.17. The smallest absolute Gasteiger partial charge is 0.338 e. The molecule has 0 aromatic heterocycles. The maximum atomic E-state index is 11.9. The second-order valence-corrected chi connectivity index (χ2v) is 4.89. The number of ketones is 1. The fourth-order valence-corrected chi connectivity index (χ4v) is 2.34. The van der Waals surface area contributed by atoms with E-state index >= 15 is 0 Å². The predicted molar refractivity (Wildman–Crippen MR) is 72.8 cm³/mol. The summed E-state index contributed by atoms with van der Waals surface area (Å²) in [7, 11) is 0. The van der Waals surface area contributed by atoms with Gasteiger partial charge < -0.3 is 4.74 Å². The molecule has 0 unspecified atom stereocenters. The van der Waals surface area contributed by atoms with Crippen LogP contribution < -0.4 is 0 Å². The first kappa shape index (κ1) is 14.4. The number of hydrogen-bond donors (Lipinski definition) is 0. The lowest BCUT2D eigenvalue weighted by Crippen LogP contribution is -2.13. The topological polar surface area (TPSA) is 43.4 Å². The van der Waals surface area contributed by atoms with Gasteiger partial charge in [0.1, 0.15) is 0 Å². The highest BCUT2D eigenvalue weighted by Gasteiger charge is 2.20. The van der Waals surface area contributed by atoms with Crippen LogP contribution in [-0.2, 0) is 4.74 Å². The SMILES string of the molecule is CCOC(=O)c1cccc(Br)c1C(=O)CCBr. The average molecular weight is 364 g/mol. The zero-order valence-electron chi connectivity index (χ0n) is 9.33. The lowest BCUT2D eigenvalue weighted by atomic mass is 10.0. The van der Waals surface area contributed by atoms with Crippen molar-refractivity contribution in [1.82, 2.24) is 0 Å². The normalized spacial score (nSPS) is 10.1. The molecule has 1 rings (SSSR count). The highest BCUT2D eigenvalue weighted by atomic mass is 79.9. The molecule has 0 saturated carbocycles. The molecule has 0 fully saturated rings. The molecule has 0 aliphatic carbocycles. The summed E-state index contributed by atoms with van der Waals surface area (Å²) >= 11 is 6.51. The molecule has 0 aliphatic rings. The van der Waals surface area contributed by atoms with Gasteiger partial charge in [0.25, 0.3) is 0 Å². The largest absolute Gasteiger partial charge is 0.462 e. The third kappa shape index (κ3) is 3.64. The zero-order chi connectivity index (χ0) is 12.8. The number of hydrogen-bond acceptors (Lipinski definition) is 3. The van der Waals surface area contributed by atoms with Gasteiger partial charge in [-0.25, -0.2) is 4.79 Å². The summed E-state index contributed by atoms with van der Waals surface area (Å²) < 4.78 is 5.55. The zero-order valence-corrected chi connectivity index (χ0v) is 12.5. The van der Waals surface area contributed by atoms with E-state index in [4.69, 9.17) is 4.74 Å². The first-order valence-electron chi connectivity index (χ1n) is 5.16. The van der Waals surface area contributed by atoms with Crippen molar-refractivity contribution in [3.8, 4) is 0 Å². The number of carbonyl (C=O) groups is 2. The predicted octanol–water partition coefficient (Wildman–Crippen LogP) is 3.59. The molecule has 3 nitrogen and oxygen atoms in total. The number of esters is 1. The summed E-state index contributed by atoms with van der Waals surface area (Å²) in [5.74, 6) is -0.552. The Hall–Kier alpha value is -0.680. The van der Waals surface area contributed by atoms with Crippen LogP contribution >= 0.6 is 31.9 Å². The lowest BCUT2D eigenvalue weighted by Gasteiger charge is -2.09. The van der Waals surface area contributed by atoms with Crippen LogP contribution in [0.25, 0.3) is 0 Å². The molecular weight excluding hydrogens is 352 g/mol. The second kappa shape index (κ2) is 6.91. The Morgan fingerprint density at radius 2 is 2.06 bits per heavy atom. The highest BCUT2D eigenvalue weighted by Crippen LogP contribution is 2.23. The molecule has 0 radical (unpaired) electrons. The maximum Gasteiger partial charge on any atom is 0.338 e. The summed E-state index contributed by atoms with van der Waals surface area (Å²) in [4.78, 5) is 23.6. The minimum atomic E-state index is -0.466. The lowest BCUT2D eigenvalue weighted by molar-refractivity contribution is 0.0523. The van der Waals surface area contributed by atoms with Crippen LogP contribution in [0, 0.1) is 0 Å². The Bertz CT molecular complexity index is 430. The monoisotopic (exact) mass is 362 g/mol.